The molecule has 0 radical (unpaired) electrons. The van der Waals surface area contributed by atoms with Crippen molar-refractivity contribution in [3.63, 3.8) is 0 Å². The Bertz CT molecular complexity index is 1320. The maximum atomic E-state index is 13.1. The molecule has 1 aromatic heterocycles. The maximum absolute atomic E-state index is 13.1. The van der Waals surface area contributed by atoms with Crippen molar-refractivity contribution < 1.29 is 18.0 Å². The Morgan fingerprint density at radius 1 is 1.06 bits per heavy atom. The molecule has 0 saturated heterocycles. The molecule has 2 amide bonds. The molecular formula is C26H30N4O4S2. The van der Waals surface area contributed by atoms with E-state index in [1.165, 1.54) is 15.6 Å². The number of fused-ring (bicyclic) bond motifs is 1. The van der Waals surface area contributed by atoms with Crippen molar-refractivity contribution in [3.05, 3.63) is 71.1 Å². The predicted molar refractivity (Wildman–Crippen MR) is 144 cm³/mol. The average molecular weight is 527 g/mol. The van der Waals surface area contributed by atoms with Gasteiger partial charge in [-0.15, -0.1) is 11.3 Å². The predicted octanol–water partition coefficient (Wildman–Crippen LogP) is 3.64. The van der Waals surface area contributed by atoms with E-state index in [0.29, 0.717) is 37.3 Å². The van der Waals surface area contributed by atoms with Crippen LogP contribution in [0.1, 0.15) is 24.0 Å². The van der Waals surface area contributed by atoms with E-state index in [0.717, 1.165) is 29.7 Å². The molecule has 0 aliphatic carbocycles. The summed E-state index contributed by atoms with van der Waals surface area (Å²) in [5, 5.41) is 6.98. The molecule has 2 heterocycles. The maximum Gasteiger partial charge on any atom is 0.313 e. The molecule has 36 heavy (non-hydrogen) atoms. The number of nitrogens with zero attached hydrogens (tertiary/aromatic N) is 2. The number of sulfonamides is 1. The quantitative estimate of drug-likeness (QED) is 0.345. The SMILES string of the molecule is CN(C)c1ccc(CCCNC(=O)C(=O)Nc2ccc3c(c2)N(S(=O)(=O)c2cccs2)CCC3)cc1. The van der Waals surface area contributed by atoms with Crippen LogP contribution in [0.4, 0.5) is 17.1 Å². The third-order valence-corrected chi connectivity index (χ3v) is 9.23. The second-order valence-corrected chi connectivity index (χ2v) is 11.9. The zero-order valence-electron chi connectivity index (χ0n) is 20.4. The van der Waals surface area contributed by atoms with E-state index in [1.54, 1.807) is 35.7 Å². The van der Waals surface area contributed by atoms with Crippen molar-refractivity contribution in [2.24, 2.45) is 0 Å². The molecule has 0 fully saturated rings. The summed E-state index contributed by atoms with van der Waals surface area (Å²) in [6, 6.07) is 16.6. The number of amides is 2. The van der Waals surface area contributed by atoms with Crippen LogP contribution in [-0.4, -0.2) is 47.4 Å². The van der Waals surface area contributed by atoms with Crippen molar-refractivity contribution in [1.82, 2.24) is 5.32 Å². The molecule has 0 saturated carbocycles. The first-order valence-corrected chi connectivity index (χ1v) is 14.1. The van der Waals surface area contributed by atoms with E-state index in [1.807, 2.05) is 31.1 Å². The van der Waals surface area contributed by atoms with Gasteiger partial charge < -0.3 is 15.5 Å². The number of nitrogens with one attached hydrogen (secondary N) is 2. The first-order valence-electron chi connectivity index (χ1n) is 11.8. The van der Waals surface area contributed by atoms with Crippen molar-refractivity contribution in [3.8, 4) is 0 Å². The Morgan fingerprint density at radius 3 is 2.53 bits per heavy atom. The molecule has 2 aromatic carbocycles. The highest BCUT2D eigenvalue weighted by Crippen LogP contribution is 2.35. The number of rotatable bonds is 8. The van der Waals surface area contributed by atoms with Gasteiger partial charge in [0.2, 0.25) is 0 Å². The highest BCUT2D eigenvalue weighted by atomic mass is 32.2. The fraction of sp³-hybridized carbons (Fsp3) is 0.308. The van der Waals surface area contributed by atoms with Gasteiger partial charge in [-0.1, -0.05) is 24.3 Å². The number of carbonyl (C=O) groups excluding carboxylic acids is 2. The van der Waals surface area contributed by atoms with Gasteiger partial charge >= 0.3 is 11.8 Å². The number of aryl methyl sites for hydroxylation is 2. The second-order valence-electron chi connectivity index (χ2n) is 8.83. The van der Waals surface area contributed by atoms with Crippen molar-refractivity contribution in [2.45, 2.75) is 29.9 Å². The van der Waals surface area contributed by atoms with Crippen LogP contribution in [-0.2, 0) is 32.5 Å². The lowest BCUT2D eigenvalue weighted by molar-refractivity contribution is -0.136. The summed E-state index contributed by atoms with van der Waals surface area (Å²) in [5.41, 5.74) is 4.09. The lowest BCUT2D eigenvalue weighted by Crippen LogP contribution is -2.37. The zero-order chi connectivity index (χ0) is 25.7. The van der Waals surface area contributed by atoms with E-state index in [4.69, 9.17) is 0 Å². The van der Waals surface area contributed by atoms with Crippen LogP contribution in [0.2, 0.25) is 0 Å². The van der Waals surface area contributed by atoms with Crippen molar-refractivity contribution in [2.75, 3.05) is 41.7 Å². The summed E-state index contributed by atoms with van der Waals surface area (Å²) in [7, 11) is 0.297. The molecule has 8 nitrogen and oxygen atoms in total. The van der Waals surface area contributed by atoms with E-state index < -0.39 is 21.8 Å². The summed E-state index contributed by atoms with van der Waals surface area (Å²) < 4.78 is 27.9. The van der Waals surface area contributed by atoms with Gasteiger partial charge in [-0.2, -0.15) is 0 Å². The third kappa shape index (κ3) is 5.88. The highest BCUT2D eigenvalue weighted by molar-refractivity contribution is 7.94. The van der Waals surface area contributed by atoms with Crippen LogP contribution in [0.15, 0.2) is 64.2 Å². The monoisotopic (exact) mass is 526 g/mol. The molecule has 3 aromatic rings. The number of hydrogen-bond donors (Lipinski definition) is 2. The van der Waals surface area contributed by atoms with Crippen molar-refractivity contribution >= 4 is 50.2 Å². The Hall–Kier alpha value is -3.37. The van der Waals surface area contributed by atoms with E-state index in [2.05, 4.69) is 22.8 Å². The fourth-order valence-electron chi connectivity index (χ4n) is 4.11. The van der Waals surface area contributed by atoms with Gasteiger partial charge in [-0.25, -0.2) is 8.42 Å². The van der Waals surface area contributed by atoms with Crippen LogP contribution < -0.4 is 19.8 Å². The molecular weight excluding hydrogens is 496 g/mol. The van der Waals surface area contributed by atoms with Gasteiger partial charge in [0.1, 0.15) is 4.21 Å². The molecule has 190 valence electrons. The van der Waals surface area contributed by atoms with Gasteiger partial charge in [-0.05, 0) is 72.5 Å². The summed E-state index contributed by atoms with van der Waals surface area (Å²) in [6.45, 7) is 0.738. The summed E-state index contributed by atoms with van der Waals surface area (Å²) in [6.07, 6.45) is 2.95. The number of hydrogen-bond acceptors (Lipinski definition) is 6. The lowest BCUT2D eigenvalue weighted by atomic mass is 10.0. The minimum Gasteiger partial charge on any atom is -0.378 e. The third-order valence-electron chi connectivity index (χ3n) is 6.05. The summed E-state index contributed by atoms with van der Waals surface area (Å²) >= 11 is 1.17. The fourth-order valence-corrected chi connectivity index (χ4v) is 6.75. The van der Waals surface area contributed by atoms with Crippen LogP contribution >= 0.6 is 11.3 Å². The molecule has 2 N–H and O–H groups in total. The molecule has 1 aliphatic rings. The first kappa shape index (κ1) is 25.7. The summed E-state index contributed by atoms with van der Waals surface area (Å²) in [4.78, 5) is 26.8. The van der Waals surface area contributed by atoms with Gasteiger partial charge in [0.15, 0.2) is 0 Å². The van der Waals surface area contributed by atoms with Crippen LogP contribution in [0.3, 0.4) is 0 Å². The average Bonchev–Trinajstić information content (AvgIpc) is 3.42. The smallest absolute Gasteiger partial charge is 0.313 e. The number of anilines is 3. The Labute approximate surface area is 216 Å². The van der Waals surface area contributed by atoms with Crippen LogP contribution in [0.25, 0.3) is 0 Å². The normalized spacial score (nSPS) is 13.1. The number of thiophene rings is 1. The van der Waals surface area contributed by atoms with Crippen molar-refractivity contribution in [1.29, 1.82) is 0 Å². The highest BCUT2D eigenvalue weighted by Gasteiger charge is 2.30. The number of benzene rings is 2. The lowest BCUT2D eigenvalue weighted by Gasteiger charge is -2.30. The van der Waals surface area contributed by atoms with Crippen LogP contribution in [0, 0.1) is 0 Å². The van der Waals surface area contributed by atoms with Crippen LogP contribution in [0.5, 0.6) is 0 Å². The molecule has 10 heteroatoms. The zero-order valence-corrected chi connectivity index (χ0v) is 22.0. The Kier molecular flexibility index (Phi) is 7.95. The van der Waals surface area contributed by atoms with E-state index >= 15 is 0 Å². The molecule has 1 aliphatic heterocycles. The van der Waals surface area contributed by atoms with Gasteiger partial charge in [0, 0.05) is 38.6 Å². The topological polar surface area (TPSA) is 98.8 Å². The van der Waals surface area contributed by atoms with E-state index in [-0.39, 0.29) is 4.21 Å². The molecule has 0 atom stereocenters. The number of carbonyl (C=O) groups is 2. The second kappa shape index (κ2) is 11.1. The molecule has 4 rings (SSSR count). The van der Waals surface area contributed by atoms with Gasteiger partial charge in [0.05, 0.1) is 5.69 Å². The molecule has 0 spiro atoms. The first-order chi connectivity index (χ1) is 17.3. The minimum absolute atomic E-state index is 0.276. The standard InChI is InChI=1S/C26H30N4O4S2/c1-29(2)22-13-9-19(10-14-22)6-3-15-27-25(31)26(32)28-21-12-11-20-7-4-16-30(23(20)18-21)36(33,34)24-8-5-17-35-24/h5,8-14,17-18H,3-4,6-7,15-16H2,1-2H3,(H,27,31)(H,28,32). The molecule has 0 unspecified atom stereocenters. The van der Waals surface area contributed by atoms with Gasteiger partial charge in [0.25, 0.3) is 10.0 Å². The summed E-state index contributed by atoms with van der Waals surface area (Å²) in [5.74, 6) is -1.51. The van der Waals surface area contributed by atoms with Gasteiger partial charge in [-0.3, -0.25) is 13.9 Å². The Morgan fingerprint density at radius 2 is 1.83 bits per heavy atom. The molecule has 0 bridgehead atoms. The minimum atomic E-state index is -3.68. The largest absolute Gasteiger partial charge is 0.378 e. The Balaban J connectivity index is 1.33. The van der Waals surface area contributed by atoms with E-state index in [9.17, 15) is 18.0 Å².